The Bertz CT molecular complexity index is 1060. The molecule has 1 aromatic heterocycles. The van der Waals surface area contributed by atoms with Gasteiger partial charge in [-0.15, -0.1) is 0 Å². The molecule has 0 amide bonds. The number of halogens is 1. The van der Waals surface area contributed by atoms with Crippen molar-refractivity contribution < 1.29 is 8.42 Å². The van der Waals surface area contributed by atoms with E-state index in [0.717, 1.165) is 46.9 Å². The minimum Gasteiger partial charge on any atom is -0.317 e. The van der Waals surface area contributed by atoms with Crippen LogP contribution in [0.25, 0.3) is 10.9 Å². The first kappa shape index (κ1) is 17.6. The Morgan fingerprint density at radius 2 is 1.81 bits per heavy atom. The van der Waals surface area contributed by atoms with Crippen molar-refractivity contribution in [2.45, 2.75) is 28.6 Å². The van der Waals surface area contributed by atoms with Gasteiger partial charge < -0.3 is 5.32 Å². The van der Waals surface area contributed by atoms with Crippen LogP contribution in [0.4, 0.5) is 0 Å². The summed E-state index contributed by atoms with van der Waals surface area (Å²) >= 11 is 3.36. The number of fused-ring (bicyclic) bond motifs is 1. The lowest BCUT2D eigenvalue weighted by molar-refractivity contribution is 0.461. The number of piperidine rings is 1. The smallest absolute Gasteiger partial charge is 0.206 e. The van der Waals surface area contributed by atoms with Crippen LogP contribution in [0.5, 0.6) is 0 Å². The number of hydrogen-bond acceptors (Lipinski definition) is 4. The summed E-state index contributed by atoms with van der Waals surface area (Å²) in [5.41, 5.74) is 1.95. The first-order valence-corrected chi connectivity index (χ1v) is 10.9. The third-order valence-corrected chi connectivity index (χ3v) is 7.13. The molecule has 2 heterocycles. The van der Waals surface area contributed by atoms with Gasteiger partial charge in [-0.05, 0) is 73.8 Å². The van der Waals surface area contributed by atoms with Gasteiger partial charge in [0.05, 0.1) is 15.3 Å². The molecule has 2 aromatic carbocycles. The van der Waals surface area contributed by atoms with E-state index in [9.17, 15) is 8.42 Å². The Hall–Kier alpha value is -1.76. The Balaban J connectivity index is 1.90. The molecule has 0 spiro atoms. The molecule has 134 valence electrons. The highest BCUT2D eigenvalue weighted by atomic mass is 79.9. The van der Waals surface area contributed by atoms with Crippen LogP contribution in [0.3, 0.4) is 0 Å². The van der Waals surface area contributed by atoms with Crippen LogP contribution in [-0.2, 0) is 9.84 Å². The third kappa shape index (κ3) is 3.29. The second-order valence-electron chi connectivity index (χ2n) is 6.57. The van der Waals surface area contributed by atoms with Gasteiger partial charge in [0.2, 0.25) is 9.84 Å². The number of hydrogen-bond donors (Lipinski definition) is 1. The molecule has 0 aliphatic carbocycles. The fraction of sp³-hybridized carbons (Fsp3) is 0.250. The number of sulfone groups is 1. The van der Waals surface area contributed by atoms with Crippen molar-refractivity contribution in [3.63, 3.8) is 0 Å². The Morgan fingerprint density at radius 1 is 1.00 bits per heavy atom. The zero-order valence-electron chi connectivity index (χ0n) is 14.2. The molecule has 6 heteroatoms. The predicted molar refractivity (Wildman–Crippen MR) is 106 cm³/mol. The minimum absolute atomic E-state index is 0.298. The number of pyridine rings is 1. The van der Waals surface area contributed by atoms with E-state index >= 15 is 0 Å². The zero-order chi connectivity index (χ0) is 18.1. The van der Waals surface area contributed by atoms with E-state index in [4.69, 9.17) is 0 Å². The van der Waals surface area contributed by atoms with E-state index in [-0.39, 0.29) is 0 Å². The lowest BCUT2D eigenvalue weighted by Crippen LogP contribution is -2.26. The molecule has 0 bridgehead atoms. The van der Waals surface area contributed by atoms with Gasteiger partial charge in [-0.2, -0.15) is 0 Å². The summed E-state index contributed by atoms with van der Waals surface area (Å²) in [6.45, 7) is 1.89. The highest BCUT2D eigenvalue weighted by Crippen LogP contribution is 2.34. The highest BCUT2D eigenvalue weighted by molar-refractivity contribution is 9.10. The summed E-state index contributed by atoms with van der Waals surface area (Å²) in [5.74, 6) is 0.325. The van der Waals surface area contributed by atoms with Crippen molar-refractivity contribution in [2.24, 2.45) is 0 Å². The Kier molecular flexibility index (Phi) is 4.82. The fourth-order valence-corrected chi connectivity index (χ4v) is 5.49. The van der Waals surface area contributed by atoms with Crippen LogP contribution < -0.4 is 5.32 Å². The molecule has 0 atom stereocenters. The van der Waals surface area contributed by atoms with Crippen molar-refractivity contribution >= 4 is 36.7 Å². The fourth-order valence-electron chi connectivity index (χ4n) is 3.56. The minimum atomic E-state index is -3.59. The second-order valence-corrected chi connectivity index (χ2v) is 9.44. The van der Waals surface area contributed by atoms with Gasteiger partial charge in [0.1, 0.15) is 0 Å². The van der Waals surface area contributed by atoms with Crippen LogP contribution in [0, 0.1) is 0 Å². The molecular weight excluding hydrogens is 412 g/mol. The van der Waals surface area contributed by atoms with Crippen LogP contribution >= 0.6 is 15.9 Å². The SMILES string of the molecule is O=S(=O)(c1cccc(Br)c1)c1cc(C2CCNCC2)c2ncccc2c1. The summed E-state index contributed by atoms with van der Waals surface area (Å²) < 4.78 is 27.2. The molecular formula is C20H19BrN2O2S. The topological polar surface area (TPSA) is 59.1 Å². The molecule has 4 nitrogen and oxygen atoms in total. The maximum Gasteiger partial charge on any atom is 0.206 e. The van der Waals surface area contributed by atoms with Gasteiger partial charge in [-0.1, -0.05) is 28.1 Å². The number of benzene rings is 2. The molecule has 0 radical (unpaired) electrons. The Labute approximate surface area is 161 Å². The second kappa shape index (κ2) is 7.10. The van der Waals surface area contributed by atoms with Gasteiger partial charge in [0, 0.05) is 16.1 Å². The van der Waals surface area contributed by atoms with Crippen molar-refractivity contribution in [3.8, 4) is 0 Å². The highest BCUT2D eigenvalue weighted by Gasteiger charge is 2.24. The molecule has 0 saturated carbocycles. The monoisotopic (exact) mass is 430 g/mol. The third-order valence-electron chi connectivity index (χ3n) is 4.90. The van der Waals surface area contributed by atoms with Crippen LogP contribution in [0.2, 0.25) is 0 Å². The standard InChI is InChI=1S/C20H19BrN2O2S/c21-16-4-1-5-17(12-16)26(24,25)18-11-15-3-2-8-23-20(15)19(13-18)14-6-9-22-10-7-14/h1-5,8,11-14,22H,6-7,9-10H2. The Morgan fingerprint density at radius 3 is 2.58 bits per heavy atom. The van der Waals surface area contributed by atoms with Gasteiger partial charge in [-0.3, -0.25) is 4.98 Å². The van der Waals surface area contributed by atoms with Gasteiger partial charge in [0.25, 0.3) is 0 Å². The quantitative estimate of drug-likeness (QED) is 0.672. The molecule has 1 N–H and O–H groups in total. The molecule has 1 aliphatic heterocycles. The molecule has 1 saturated heterocycles. The van der Waals surface area contributed by atoms with Crippen LogP contribution in [0.15, 0.2) is 69.0 Å². The van der Waals surface area contributed by atoms with Crippen molar-refractivity contribution in [2.75, 3.05) is 13.1 Å². The largest absolute Gasteiger partial charge is 0.317 e. The molecule has 3 aromatic rings. The first-order chi connectivity index (χ1) is 12.6. The number of aromatic nitrogens is 1. The summed E-state index contributed by atoms with van der Waals surface area (Å²) in [6.07, 6.45) is 3.76. The number of nitrogens with one attached hydrogen (secondary N) is 1. The van der Waals surface area contributed by atoms with E-state index in [1.54, 1.807) is 30.5 Å². The molecule has 0 unspecified atom stereocenters. The van der Waals surface area contributed by atoms with E-state index in [0.29, 0.717) is 15.7 Å². The zero-order valence-corrected chi connectivity index (χ0v) is 16.6. The van der Waals surface area contributed by atoms with Crippen LogP contribution in [-0.4, -0.2) is 26.5 Å². The van der Waals surface area contributed by atoms with Crippen molar-refractivity contribution in [1.29, 1.82) is 0 Å². The maximum atomic E-state index is 13.2. The van der Waals surface area contributed by atoms with Gasteiger partial charge >= 0.3 is 0 Å². The summed E-state index contributed by atoms with van der Waals surface area (Å²) in [7, 11) is -3.59. The average Bonchev–Trinajstić information content (AvgIpc) is 2.68. The molecule has 1 fully saturated rings. The lowest BCUT2D eigenvalue weighted by atomic mass is 9.88. The summed E-state index contributed by atoms with van der Waals surface area (Å²) in [5, 5.41) is 4.24. The lowest BCUT2D eigenvalue weighted by Gasteiger charge is -2.24. The number of nitrogens with zero attached hydrogens (tertiary/aromatic N) is 1. The van der Waals surface area contributed by atoms with E-state index in [1.165, 1.54) is 0 Å². The molecule has 4 rings (SSSR count). The van der Waals surface area contributed by atoms with E-state index in [1.807, 2.05) is 24.3 Å². The van der Waals surface area contributed by atoms with Crippen molar-refractivity contribution in [3.05, 3.63) is 64.8 Å². The normalized spacial score (nSPS) is 16.0. The van der Waals surface area contributed by atoms with E-state index < -0.39 is 9.84 Å². The first-order valence-electron chi connectivity index (χ1n) is 8.66. The predicted octanol–water partition coefficient (Wildman–Crippen LogP) is 4.30. The summed E-state index contributed by atoms with van der Waals surface area (Å²) in [4.78, 5) is 5.18. The maximum absolute atomic E-state index is 13.2. The van der Waals surface area contributed by atoms with Gasteiger partial charge in [-0.25, -0.2) is 8.42 Å². The van der Waals surface area contributed by atoms with E-state index in [2.05, 4.69) is 26.2 Å². The molecule has 1 aliphatic rings. The number of rotatable bonds is 3. The molecule has 26 heavy (non-hydrogen) atoms. The average molecular weight is 431 g/mol. The van der Waals surface area contributed by atoms with Gasteiger partial charge in [0.15, 0.2) is 0 Å². The van der Waals surface area contributed by atoms with Crippen molar-refractivity contribution in [1.82, 2.24) is 10.3 Å². The van der Waals surface area contributed by atoms with Crippen LogP contribution in [0.1, 0.15) is 24.3 Å². The summed E-state index contributed by atoms with van der Waals surface area (Å²) in [6, 6.07) is 14.2.